The molecule has 0 radical (unpaired) electrons. The number of piperidine rings is 1. The van der Waals surface area contributed by atoms with E-state index >= 15 is 0 Å². The number of rotatable bonds is 4. The summed E-state index contributed by atoms with van der Waals surface area (Å²) < 4.78 is 0. The number of carbonyl (C=O) groups excluding carboxylic acids is 1. The van der Waals surface area contributed by atoms with Crippen molar-refractivity contribution in [2.45, 2.75) is 44.2 Å². The van der Waals surface area contributed by atoms with Crippen LogP contribution in [0, 0.1) is 0 Å². The van der Waals surface area contributed by atoms with Crippen molar-refractivity contribution in [3.63, 3.8) is 0 Å². The molecule has 4 rings (SSSR count). The lowest BCUT2D eigenvalue weighted by molar-refractivity contribution is -0.137. The van der Waals surface area contributed by atoms with E-state index in [4.69, 9.17) is 0 Å². The van der Waals surface area contributed by atoms with Gasteiger partial charge in [0, 0.05) is 37.4 Å². The molecule has 3 heterocycles. The maximum atomic E-state index is 13.2. The van der Waals surface area contributed by atoms with Gasteiger partial charge < -0.3 is 4.90 Å². The lowest BCUT2D eigenvalue weighted by Crippen LogP contribution is -2.48. The molecule has 2 aliphatic heterocycles. The molecule has 5 nitrogen and oxygen atoms in total. The molecule has 2 aliphatic rings. The van der Waals surface area contributed by atoms with Gasteiger partial charge in [-0.25, -0.2) is 0 Å². The summed E-state index contributed by atoms with van der Waals surface area (Å²) in [5, 5.41) is 7.15. The molecule has 0 bridgehead atoms. The fraction of sp³-hybridized carbons (Fsp3) is 0.500. The summed E-state index contributed by atoms with van der Waals surface area (Å²) in [6.45, 7) is 3.59. The molecule has 0 saturated carbocycles. The molecule has 1 N–H and O–H groups in total. The Bertz CT molecular complexity index is 685. The van der Waals surface area contributed by atoms with Gasteiger partial charge in [-0.05, 0) is 43.9 Å². The molecule has 0 spiro atoms. The molecular weight excluding hydrogens is 312 g/mol. The minimum absolute atomic E-state index is 0.0423. The molecule has 0 unspecified atom stereocenters. The van der Waals surface area contributed by atoms with Crippen LogP contribution in [0.15, 0.2) is 42.6 Å². The van der Waals surface area contributed by atoms with Crippen molar-refractivity contribution in [2.24, 2.45) is 0 Å². The number of nitrogens with zero attached hydrogens (tertiary/aromatic N) is 3. The predicted molar refractivity (Wildman–Crippen MR) is 97.0 cm³/mol. The van der Waals surface area contributed by atoms with Gasteiger partial charge in [0.2, 0.25) is 5.91 Å². The smallest absolute Gasteiger partial charge is 0.239 e. The molecule has 25 heavy (non-hydrogen) atoms. The van der Waals surface area contributed by atoms with E-state index in [-0.39, 0.29) is 6.04 Å². The van der Waals surface area contributed by atoms with E-state index in [9.17, 15) is 4.79 Å². The third-order valence-corrected chi connectivity index (χ3v) is 5.57. The van der Waals surface area contributed by atoms with Crippen molar-refractivity contribution in [2.75, 3.05) is 19.6 Å². The zero-order chi connectivity index (χ0) is 17.1. The monoisotopic (exact) mass is 338 g/mol. The maximum absolute atomic E-state index is 13.2. The molecule has 1 aromatic carbocycles. The first-order valence-electron chi connectivity index (χ1n) is 9.37. The number of amides is 1. The zero-order valence-electron chi connectivity index (χ0n) is 14.6. The maximum Gasteiger partial charge on any atom is 0.239 e. The first-order chi connectivity index (χ1) is 12.3. The van der Waals surface area contributed by atoms with Crippen LogP contribution in [0.1, 0.15) is 42.9 Å². The third kappa shape index (κ3) is 3.61. The fourth-order valence-electron chi connectivity index (χ4n) is 4.25. The van der Waals surface area contributed by atoms with E-state index in [2.05, 4.69) is 44.3 Å². The summed E-state index contributed by atoms with van der Waals surface area (Å²) in [5.74, 6) is 0.710. The van der Waals surface area contributed by atoms with Gasteiger partial charge in [-0.2, -0.15) is 5.10 Å². The lowest BCUT2D eigenvalue weighted by atomic mass is 9.94. The van der Waals surface area contributed by atoms with Gasteiger partial charge in [0.15, 0.2) is 0 Å². The lowest BCUT2D eigenvalue weighted by Gasteiger charge is -2.36. The second-order valence-electron chi connectivity index (χ2n) is 7.25. The van der Waals surface area contributed by atoms with Crippen LogP contribution in [0.4, 0.5) is 0 Å². The number of aromatic amines is 1. The van der Waals surface area contributed by atoms with Crippen LogP contribution in [0.3, 0.4) is 0 Å². The second kappa shape index (κ2) is 7.40. The molecule has 2 fully saturated rings. The first-order valence-corrected chi connectivity index (χ1v) is 9.37. The highest BCUT2D eigenvalue weighted by atomic mass is 16.2. The van der Waals surface area contributed by atoms with E-state index in [1.165, 1.54) is 5.56 Å². The largest absolute Gasteiger partial charge is 0.341 e. The summed E-state index contributed by atoms with van der Waals surface area (Å²) in [7, 11) is 0. The highest BCUT2D eigenvalue weighted by Crippen LogP contribution is 2.28. The topological polar surface area (TPSA) is 52.2 Å². The van der Waals surface area contributed by atoms with Crippen LogP contribution in [-0.2, 0) is 11.3 Å². The van der Waals surface area contributed by atoms with Gasteiger partial charge in [-0.15, -0.1) is 0 Å². The first kappa shape index (κ1) is 16.3. The van der Waals surface area contributed by atoms with Crippen molar-refractivity contribution in [1.82, 2.24) is 20.0 Å². The quantitative estimate of drug-likeness (QED) is 0.933. The van der Waals surface area contributed by atoms with E-state index in [1.54, 1.807) is 6.20 Å². The van der Waals surface area contributed by atoms with Crippen molar-refractivity contribution in [1.29, 1.82) is 0 Å². The van der Waals surface area contributed by atoms with Gasteiger partial charge in [0.1, 0.15) is 0 Å². The highest BCUT2D eigenvalue weighted by Gasteiger charge is 2.35. The van der Waals surface area contributed by atoms with Crippen molar-refractivity contribution in [3.05, 3.63) is 53.9 Å². The van der Waals surface area contributed by atoms with Crippen LogP contribution in [0.2, 0.25) is 0 Å². The molecule has 2 aromatic rings. The Balaban J connectivity index is 1.42. The molecule has 0 aliphatic carbocycles. The number of hydrogen-bond donors (Lipinski definition) is 1. The average molecular weight is 338 g/mol. The second-order valence-corrected chi connectivity index (χ2v) is 7.25. The number of nitrogens with one attached hydrogen (secondary N) is 1. The van der Waals surface area contributed by atoms with E-state index in [0.717, 1.165) is 57.6 Å². The summed E-state index contributed by atoms with van der Waals surface area (Å²) >= 11 is 0. The van der Waals surface area contributed by atoms with Gasteiger partial charge in [-0.1, -0.05) is 30.3 Å². The Morgan fingerprint density at radius 3 is 2.76 bits per heavy atom. The predicted octanol–water partition coefficient (Wildman–Crippen LogP) is 2.78. The van der Waals surface area contributed by atoms with Gasteiger partial charge >= 0.3 is 0 Å². The van der Waals surface area contributed by atoms with Crippen molar-refractivity contribution in [3.8, 4) is 0 Å². The van der Waals surface area contributed by atoms with Crippen LogP contribution in [-0.4, -0.2) is 51.6 Å². The van der Waals surface area contributed by atoms with Crippen molar-refractivity contribution < 1.29 is 4.79 Å². The molecule has 132 valence electrons. The van der Waals surface area contributed by atoms with E-state index < -0.39 is 0 Å². The summed E-state index contributed by atoms with van der Waals surface area (Å²) in [6, 6.07) is 12.6. The molecular formula is C20H26N4O. The minimum atomic E-state index is 0.0423. The standard InChI is InChI=1S/C20H26N4O/c25-20(24-13-4-8-17(15-24)18-10-11-21-22-18)19-9-5-12-23(19)14-16-6-2-1-3-7-16/h1-3,6-7,10-11,17,19H,4-5,8-9,12-15H2,(H,21,22)/t17-,19-/m1/s1. The molecule has 1 amide bonds. The fourth-order valence-corrected chi connectivity index (χ4v) is 4.25. The number of H-pyrrole nitrogens is 1. The highest BCUT2D eigenvalue weighted by molar-refractivity contribution is 5.82. The Morgan fingerprint density at radius 1 is 1.12 bits per heavy atom. The SMILES string of the molecule is O=C([C@H]1CCCN1Cc1ccccc1)N1CCC[C@@H](c2ccn[nH]2)C1. The number of carbonyl (C=O) groups is 1. The number of likely N-dealkylation sites (tertiary alicyclic amines) is 2. The Kier molecular flexibility index (Phi) is 4.83. The van der Waals surface area contributed by atoms with Crippen LogP contribution < -0.4 is 0 Å². The van der Waals surface area contributed by atoms with Gasteiger partial charge in [-0.3, -0.25) is 14.8 Å². The van der Waals surface area contributed by atoms with Crippen LogP contribution in [0.25, 0.3) is 0 Å². The molecule has 2 atom stereocenters. The molecule has 2 saturated heterocycles. The van der Waals surface area contributed by atoms with E-state index in [0.29, 0.717) is 11.8 Å². The van der Waals surface area contributed by atoms with Crippen LogP contribution >= 0.6 is 0 Å². The zero-order valence-corrected chi connectivity index (χ0v) is 14.6. The minimum Gasteiger partial charge on any atom is -0.341 e. The van der Waals surface area contributed by atoms with Gasteiger partial charge in [0.25, 0.3) is 0 Å². The summed E-state index contributed by atoms with van der Waals surface area (Å²) in [5.41, 5.74) is 2.45. The summed E-state index contributed by atoms with van der Waals surface area (Å²) in [4.78, 5) is 17.6. The number of benzene rings is 1. The number of aromatic nitrogens is 2. The normalized spacial score (nSPS) is 24.6. The Hall–Kier alpha value is -2.14. The molecule has 5 heteroatoms. The van der Waals surface area contributed by atoms with Gasteiger partial charge in [0.05, 0.1) is 6.04 Å². The summed E-state index contributed by atoms with van der Waals surface area (Å²) in [6.07, 6.45) is 6.10. The number of hydrogen-bond acceptors (Lipinski definition) is 3. The van der Waals surface area contributed by atoms with Crippen LogP contribution in [0.5, 0.6) is 0 Å². The third-order valence-electron chi connectivity index (χ3n) is 5.57. The average Bonchev–Trinajstić information content (AvgIpc) is 3.34. The van der Waals surface area contributed by atoms with E-state index in [1.807, 2.05) is 12.1 Å². The Labute approximate surface area is 149 Å². The molecule has 1 aromatic heterocycles. The van der Waals surface area contributed by atoms with Crippen molar-refractivity contribution >= 4 is 5.91 Å². The Morgan fingerprint density at radius 2 is 1.96 bits per heavy atom.